The van der Waals surface area contributed by atoms with Crippen LogP contribution < -0.4 is 17.2 Å². The Hall–Kier alpha value is -4.83. The lowest BCUT2D eigenvalue weighted by Crippen LogP contribution is -2.43. The van der Waals surface area contributed by atoms with Crippen LogP contribution >= 0.6 is 22.9 Å². The first kappa shape index (κ1) is 26.8. The standard InChI is InChI=1S/C34H26ClN7OS/c35-29-23(3-1-4-24(29)28-18-44-32(36)39-28)19-5-7-20(8-6-19)25-17-26-27(13-16-42-31(26)40-41-33(42)43)38-30(25)21-9-11-22(12-10-21)34(37)14-2-15-34/h1,3-13,16-18H,2,14-15,37H2,(H2,36,39)(H,41,43). The molecule has 1 aliphatic rings. The van der Waals surface area contributed by atoms with E-state index in [1.54, 1.807) is 6.20 Å². The van der Waals surface area contributed by atoms with E-state index >= 15 is 0 Å². The molecule has 0 bridgehead atoms. The van der Waals surface area contributed by atoms with Crippen LogP contribution in [0.3, 0.4) is 0 Å². The summed E-state index contributed by atoms with van der Waals surface area (Å²) in [6.07, 6.45) is 4.86. The quantitative estimate of drug-likeness (QED) is 0.187. The van der Waals surface area contributed by atoms with Gasteiger partial charge in [-0.15, -0.1) is 11.3 Å². The Balaban J connectivity index is 1.26. The van der Waals surface area contributed by atoms with Crippen LogP contribution in [0, 0.1) is 0 Å². The molecule has 0 aliphatic heterocycles. The van der Waals surface area contributed by atoms with Crippen molar-refractivity contribution in [2.75, 3.05) is 5.73 Å². The summed E-state index contributed by atoms with van der Waals surface area (Å²) in [5, 5.41) is 10.6. The third kappa shape index (κ3) is 4.31. The number of pyridine rings is 2. The Bertz CT molecular complexity index is 2270. The summed E-state index contributed by atoms with van der Waals surface area (Å²) < 4.78 is 1.50. The van der Waals surface area contributed by atoms with E-state index in [0.29, 0.717) is 15.8 Å². The van der Waals surface area contributed by atoms with Crippen molar-refractivity contribution < 1.29 is 0 Å². The van der Waals surface area contributed by atoms with Gasteiger partial charge in [-0.1, -0.05) is 78.3 Å². The van der Waals surface area contributed by atoms with Gasteiger partial charge in [0.25, 0.3) is 0 Å². The van der Waals surface area contributed by atoms with Crippen LogP contribution in [0.1, 0.15) is 24.8 Å². The van der Waals surface area contributed by atoms with Gasteiger partial charge in [-0.25, -0.2) is 24.3 Å². The highest BCUT2D eigenvalue weighted by Crippen LogP contribution is 2.41. The maximum absolute atomic E-state index is 12.3. The van der Waals surface area contributed by atoms with E-state index in [4.69, 9.17) is 28.1 Å². The minimum atomic E-state index is -0.293. The Morgan fingerprint density at radius 2 is 1.59 bits per heavy atom. The number of nitrogen functional groups attached to an aromatic ring is 1. The topological polar surface area (TPSA) is 128 Å². The number of anilines is 1. The van der Waals surface area contributed by atoms with Crippen LogP contribution in [-0.2, 0) is 5.54 Å². The molecule has 1 fully saturated rings. The van der Waals surface area contributed by atoms with E-state index in [0.717, 1.165) is 80.5 Å². The Morgan fingerprint density at radius 3 is 2.27 bits per heavy atom. The molecule has 0 unspecified atom stereocenters. The maximum atomic E-state index is 12.3. The monoisotopic (exact) mass is 615 g/mol. The summed E-state index contributed by atoms with van der Waals surface area (Å²) in [5.74, 6) is 0. The Morgan fingerprint density at radius 1 is 0.886 bits per heavy atom. The molecule has 0 atom stereocenters. The summed E-state index contributed by atoms with van der Waals surface area (Å²) >= 11 is 8.29. The number of hydrogen-bond donors (Lipinski definition) is 3. The van der Waals surface area contributed by atoms with Crippen LogP contribution in [-0.4, -0.2) is 24.6 Å². The highest BCUT2D eigenvalue weighted by atomic mass is 35.5. The fourth-order valence-corrected chi connectivity index (χ4v) is 6.95. The van der Waals surface area contributed by atoms with E-state index in [-0.39, 0.29) is 11.2 Å². The van der Waals surface area contributed by atoms with Gasteiger partial charge < -0.3 is 11.5 Å². The van der Waals surface area contributed by atoms with Crippen molar-refractivity contribution in [2.45, 2.75) is 24.8 Å². The number of aromatic amines is 1. The molecular weight excluding hydrogens is 590 g/mol. The largest absolute Gasteiger partial charge is 0.375 e. The van der Waals surface area contributed by atoms with E-state index in [2.05, 4.69) is 69.8 Å². The Kier molecular flexibility index (Phi) is 6.16. The molecule has 10 heteroatoms. The van der Waals surface area contributed by atoms with Crippen LogP contribution in [0.4, 0.5) is 5.13 Å². The van der Waals surface area contributed by atoms with Crippen molar-refractivity contribution in [3.8, 4) is 44.8 Å². The predicted molar refractivity (Wildman–Crippen MR) is 178 cm³/mol. The molecule has 7 aromatic rings. The lowest BCUT2D eigenvalue weighted by molar-refractivity contribution is 0.253. The van der Waals surface area contributed by atoms with Crippen LogP contribution in [0.2, 0.25) is 5.02 Å². The Labute approximate surface area is 261 Å². The summed E-state index contributed by atoms with van der Waals surface area (Å²) in [7, 11) is 0. The van der Waals surface area contributed by atoms with E-state index in [1.165, 1.54) is 15.7 Å². The second kappa shape index (κ2) is 10.1. The summed E-state index contributed by atoms with van der Waals surface area (Å²) in [5.41, 5.74) is 21.5. The van der Waals surface area contributed by atoms with Crippen molar-refractivity contribution in [2.24, 2.45) is 5.73 Å². The van der Waals surface area contributed by atoms with Gasteiger partial charge in [0.1, 0.15) is 0 Å². The number of fused-ring (bicyclic) bond motifs is 3. The molecule has 1 saturated carbocycles. The van der Waals surface area contributed by atoms with Gasteiger partial charge in [-0.05, 0) is 48.1 Å². The number of rotatable bonds is 5. The lowest BCUT2D eigenvalue weighted by Gasteiger charge is -2.38. The normalized spacial score (nSPS) is 14.2. The summed E-state index contributed by atoms with van der Waals surface area (Å²) in [6, 6.07) is 26.5. The smallest absolute Gasteiger partial charge is 0.347 e. The number of halogens is 1. The van der Waals surface area contributed by atoms with E-state index in [1.807, 2.05) is 29.6 Å². The van der Waals surface area contributed by atoms with E-state index in [9.17, 15) is 4.79 Å². The van der Waals surface area contributed by atoms with Gasteiger partial charge in [-0.3, -0.25) is 0 Å². The number of H-pyrrole nitrogens is 1. The summed E-state index contributed by atoms with van der Waals surface area (Å²) in [6.45, 7) is 0. The zero-order valence-electron chi connectivity index (χ0n) is 23.4. The molecule has 0 spiro atoms. The van der Waals surface area contributed by atoms with Crippen molar-refractivity contribution >= 4 is 44.6 Å². The van der Waals surface area contributed by atoms with Gasteiger partial charge in [0.15, 0.2) is 10.8 Å². The molecule has 8 nitrogen and oxygen atoms in total. The first-order valence-corrected chi connectivity index (χ1v) is 15.5. The first-order chi connectivity index (χ1) is 21.4. The minimum absolute atomic E-state index is 0.239. The van der Waals surface area contributed by atoms with Crippen molar-refractivity contribution in [1.29, 1.82) is 0 Å². The van der Waals surface area contributed by atoms with E-state index < -0.39 is 0 Å². The molecule has 4 aromatic heterocycles. The van der Waals surface area contributed by atoms with Crippen molar-refractivity contribution in [1.82, 2.24) is 24.6 Å². The van der Waals surface area contributed by atoms with Crippen LogP contribution in [0.15, 0.2) is 95.2 Å². The molecular formula is C34H26ClN7OS. The number of thiazole rings is 1. The number of benzene rings is 3. The highest BCUT2D eigenvalue weighted by molar-refractivity contribution is 7.13. The number of nitrogens with two attached hydrogens (primary N) is 2. The third-order valence-corrected chi connectivity index (χ3v) is 9.74. The maximum Gasteiger partial charge on any atom is 0.347 e. The second-order valence-electron chi connectivity index (χ2n) is 11.3. The summed E-state index contributed by atoms with van der Waals surface area (Å²) in [4.78, 5) is 21.8. The molecule has 44 heavy (non-hydrogen) atoms. The zero-order chi connectivity index (χ0) is 30.0. The zero-order valence-corrected chi connectivity index (χ0v) is 25.0. The predicted octanol–water partition coefficient (Wildman–Crippen LogP) is 7.27. The van der Waals surface area contributed by atoms with Gasteiger partial charge in [0.2, 0.25) is 0 Å². The van der Waals surface area contributed by atoms with Crippen LogP contribution in [0.25, 0.3) is 61.3 Å². The second-order valence-corrected chi connectivity index (χ2v) is 12.5. The molecule has 3 aromatic carbocycles. The molecule has 0 amide bonds. The molecule has 216 valence electrons. The first-order valence-electron chi connectivity index (χ1n) is 14.3. The fourth-order valence-electron chi connectivity index (χ4n) is 6.05. The van der Waals surface area contributed by atoms with Crippen molar-refractivity contribution in [3.05, 3.63) is 112 Å². The van der Waals surface area contributed by atoms with Gasteiger partial charge in [0.05, 0.1) is 21.9 Å². The highest BCUT2D eigenvalue weighted by Gasteiger charge is 2.34. The third-order valence-electron chi connectivity index (χ3n) is 8.66. The average molecular weight is 616 g/mol. The SMILES string of the molecule is Nc1nc(-c2cccc(-c3ccc(-c4cc5c(ccn6c(=O)[nH]nc56)nc4-c4ccc(C5(N)CCC5)cc4)cc3)c2Cl)cs1. The minimum Gasteiger partial charge on any atom is -0.375 e. The number of nitrogens with one attached hydrogen (secondary N) is 1. The molecule has 0 radical (unpaired) electrons. The molecule has 1 aliphatic carbocycles. The van der Waals surface area contributed by atoms with Gasteiger partial charge >= 0.3 is 5.69 Å². The van der Waals surface area contributed by atoms with Crippen molar-refractivity contribution in [3.63, 3.8) is 0 Å². The lowest BCUT2D eigenvalue weighted by atomic mass is 9.72. The number of nitrogens with zero attached hydrogens (tertiary/aromatic N) is 4. The van der Waals surface area contributed by atoms with Gasteiger partial charge in [-0.2, -0.15) is 5.10 Å². The number of hydrogen-bond acceptors (Lipinski definition) is 7. The van der Waals surface area contributed by atoms with Crippen LogP contribution in [0.5, 0.6) is 0 Å². The molecule has 5 N–H and O–H groups in total. The fraction of sp³-hybridized carbons (Fsp3) is 0.118. The average Bonchev–Trinajstić information content (AvgIpc) is 3.64. The molecule has 8 rings (SSSR count). The number of aromatic nitrogens is 5. The van der Waals surface area contributed by atoms with Gasteiger partial charge in [0, 0.05) is 44.8 Å². The molecule has 0 saturated heterocycles. The molecule has 4 heterocycles.